The van der Waals surface area contributed by atoms with Crippen molar-refractivity contribution in [2.24, 2.45) is 5.73 Å². The van der Waals surface area contributed by atoms with Gasteiger partial charge in [-0.05, 0) is 17.7 Å². The van der Waals surface area contributed by atoms with Crippen LogP contribution in [0.1, 0.15) is 17.4 Å². The van der Waals surface area contributed by atoms with Crippen molar-refractivity contribution in [1.29, 1.82) is 0 Å². The Bertz CT molecular complexity index is 549. The largest absolute Gasteiger partial charge is 0.333 e. The second kappa shape index (κ2) is 5.33. The molecule has 100 valence electrons. The summed E-state index contributed by atoms with van der Waals surface area (Å²) in [6.45, 7) is 3.41. The molecule has 1 atom stereocenters. The highest BCUT2D eigenvalue weighted by Crippen LogP contribution is 2.25. The Morgan fingerprint density at radius 2 is 2.05 bits per heavy atom. The van der Waals surface area contributed by atoms with Gasteiger partial charge in [0.25, 0.3) is 0 Å². The van der Waals surface area contributed by atoms with Gasteiger partial charge in [0.15, 0.2) is 0 Å². The zero-order chi connectivity index (χ0) is 13.2. The summed E-state index contributed by atoms with van der Waals surface area (Å²) in [5.74, 6) is 1.11. The minimum atomic E-state index is 0.225. The predicted octanol–water partition coefficient (Wildman–Crippen LogP) is 2.05. The highest BCUT2D eigenvalue weighted by molar-refractivity contribution is 6.30. The summed E-state index contributed by atoms with van der Waals surface area (Å²) in [5.41, 5.74) is 7.18. The Hall–Kier alpha value is -1.36. The summed E-state index contributed by atoms with van der Waals surface area (Å²) in [4.78, 5) is 6.77. The lowest BCUT2D eigenvalue weighted by Gasteiger charge is -2.34. The van der Waals surface area contributed by atoms with Gasteiger partial charge in [-0.15, -0.1) is 0 Å². The number of aromatic nitrogens is 2. The second-order valence-corrected chi connectivity index (χ2v) is 5.25. The predicted molar refractivity (Wildman–Crippen MR) is 75.9 cm³/mol. The first-order valence-corrected chi connectivity index (χ1v) is 6.85. The van der Waals surface area contributed by atoms with E-state index in [4.69, 9.17) is 17.3 Å². The van der Waals surface area contributed by atoms with Gasteiger partial charge in [0.1, 0.15) is 5.82 Å². The molecule has 5 heteroatoms. The van der Waals surface area contributed by atoms with Crippen LogP contribution >= 0.6 is 11.6 Å². The lowest BCUT2D eigenvalue weighted by Crippen LogP contribution is -2.39. The van der Waals surface area contributed by atoms with Gasteiger partial charge in [0.05, 0.1) is 6.54 Å². The van der Waals surface area contributed by atoms with Gasteiger partial charge in [0, 0.05) is 43.1 Å². The normalized spacial score (nSPS) is 17.2. The van der Waals surface area contributed by atoms with E-state index in [1.165, 1.54) is 5.56 Å². The van der Waals surface area contributed by atoms with Crippen molar-refractivity contribution in [2.75, 3.05) is 13.1 Å². The van der Waals surface area contributed by atoms with E-state index in [9.17, 15) is 0 Å². The number of imidazole rings is 1. The summed E-state index contributed by atoms with van der Waals surface area (Å²) in [5, 5.41) is 0.758. The minimum absolute atomic E-state index is 0.225. The molecular weight excluding hydrogens is 260 g/mol. The Morgan fingerprint density at radius 3 is 2.79 bits per heavy atom. The third kappa shape index (κ3) is 2.52. The van der Waals surface area contributed by atoms with Gasteiger partial charge in [-0.3, -0.25) is 4.90 Å². The first-order valence-electron chi connectivity index (χ1n) is 6.47. The molecule has 2 N–H and O–H groups in total. The number of fused-ring (bicyclic) bond motifs is 1. The SMILES string of the molecule is NCC(c1ccc(Cl)cc1)N1CCn2ccnc2C1. The van der Waals surface area contributed by atoms with Crippen LogP contribution in [0.15, 0.2) is 36.7 Å². The lowest BCUT2D eigenvalue weighted by molar-refractivity contribution is 0.156. The Morgan fingerprint density at radius 1 is 1.26 bits per heavy atom. The smallest absolute Gasteiger partial charge is 0.122 e. The summed E-state index contributed by atoms with van der Waals surface area (Å²) in [6, 6.07) is 8.18. The summed E-state index contributed by atoms with van der Waals surface area (Å²) in [6.07, 6.45) is 3.89. The quantitative estimate of drug-likeness (QED) is 0.933. The molecule has 1 unspecified atom stereocenters. The molecule has 0 bridgehead atoms. The van der Waals surface area contributed by atoms with E-state index >= 15 is 0 Å². The first-order chi connectivity index (χ1) is 9.28. The van der Waals surface area contributed by atoms with Gasteiger partial charge in [-0.1, -0.05) is 23.7 Å². The number of benzene rings is 1. The molecule has 0 saturated carbocycles. The van der Waals surface area contributed by atoms with Crippen molar-refractivity contribution in [3.05, 3.63) is 53.1 Å². The number of hydrogen-bond donors (Lipinski definition) is 1. The summed E-state index contributed by atoms with van der Waals surface area (Å²) >= 11 is 5.94. The van der Waals surface area contributed by atoms with Crippen LogP contribution in [0.5, 0.6) is 0 Å². The zero-order valence-corrected chi connectivity index (χ0v) is 11.4. The molecule has 1 aliphatic heterocycles. The van der Waals surface area contributed by atoms with Crippen LogP contribution in [0, 0.1) is 0 Å². The highest BCUT2D eigenvalue weighted by Gasteiger charge is 2.24. The molecule has 1 aromatic carbocycles. The van der Waals surface area contributed by atoms with E-state index in [0.29, 0.717) is 6.54 Å². The van der Waals surface area contributed by atoms with Crippen LogP contribution in [-0.4, -0.2) is 27.5 Å². The van der Waals surface area contributed by atoms with Gasteiger partial charge in [0.2, 0.25) is 0 Å². The molecule has 0 saturated heterocycles. The number of halogens is 1. The van der Waals surface area contributed by atoms with E-state index in [-0.39, 0.29) is 6.04 Å². The fraction of sp³-hybridized carbons (Fsp3) is 0.357. The van der Waals surface area contributed by atoms with Gasteiger partial charge >= 0.3 is 0 Å². The number of rotatable bonds is 3. The maximum atomic E-state index is 5.97. The second-order valence-electron chi connectivity index (χ2n) is 4.81. The first kappa shape index (κ1) is 12.7. The molecule has 0 aliphatic carbocycles. The van der Waals surface area contributed by atoms with Crippen LogP contribution in [0.25, 0.3) is 0 Å². The van der Waals surface area contributed by atoms with Gasteiger partial charge in [-0.2, -0.15) is 0 Å². The van der Waals surface area contributed by atoms with Crippen molar-refractivity contribution < 1.29 is 0 Å². The Labute approximate surface area is 117 Å². The van der Waals surface area contributed by atoms with Crippen LogP contribution in [0.4, 0.5) is 0 Å². The number of nitrogens with zero attached hydrogens (tertiary/aromatic N) is 3. The molecule has 19 heavy (non-hydrogen) atoms. The highest BCUT2D eigenvalue weighted by atomic mass is 35.5. The summed E-state index contributed by atoms with van der Waals surface area (Å²) in [7, 11) is 0. The van der Waals surface area contributed by atoms with Crippen molar-refractivity contribution in [3.63, 3.8) is 0 Å². The van der Waals surface area contributed by atoms with Gasteiger partial charge < -0.3 is 10.3 Å². The van der Waals surface area contributed by atoms with Gasteiger partial charge in [-0.25, -0.2) is 4.98 Å². The van der Waals surface area contributed by atoms with E-state index < -0.39 is 0 Å². The fourth-order valence-corrected chi connectivity index (χ4v) is 2.77. The fourth-order valence-electron chi connectivity index (χ4n) is 2.64. The average Bonchev–Trinajstić information content (AvgIpc) is 2.89. The summed E-state index contributed by atoms with van der Waals surface area (Å²) < 4.78 is 2.20. The maximum Gasteiger partial charge on any atom is 0.122 e. The zero-order valence-electron chi connectivity index (χ0n) is 10.7. The standard InChI is InChI=1S/C14H17ClN4/c15-12-3-1-11(2-4-12)13(9-16)19-8-7-18-6-5-17-14(18)10-19/h1-6,13H,7-10,16H2. The molecule has 4 nitrogen and oxygen atoms in total. The van der Waals surface area contributed by atoms with Crippen LogP contribution in [0.2, 0.25) is 5.02 Å². The molecule has 0 amide bonds. The van der Waals surface area contributed by atoms with E-state index in [1.807, 2.05) is 24.5 Å². The van der Waals surface area contributed by atoms with Crippen molar-refractivity contribution in [3.8, 4) is 0 Å². The number of nitrogens with two attached hydrogens (primary N) is 1. The molecule has 1 aliphatic rings. The van der Waals surface area contributed by atoms with Crippen molar-refractivity contribution >= 4 is 11.6 Å². The minimum Gasteiger partial charge on any atom is -0.333 e. The molecular formula is C14H17ClN4. The van der Waals surface area contributed by atoms with Crippen molar-refractivity contribution in [2.45, 2.75) is 19.1 Å². The van der Waals surface area contributed by atoms with Crippen LogP contribution in [0.3, 0.4) is 0 Å². The third-order valence-corrected chi connectivity index (χ3v) is 3.95. The van der Waals surface area contributed by atoms with Crippen molar-refractivity contribution in [1.82, 2.24) is 14.5 Å². The maximum absolute atomic E-state index is 5.97. The Kier molecular flexibility index (Phi) is 3.55. The molecule has 2 aromatic rings. The third-order valence-electron chi connectivity index (χ3n) is 3.69. The molecule has 1 aromatic heterocycles. The van der Waals surface area contributed by atoms with E-state index in [2.05, 4.69) is 26.6 Å². The van der Waals surface area contributed by atoms with E-state index in [1.54, 1.807) is 0 Å². The van der Waals surface area contributed by atoms with E-state index in [0.717, 1.165) is 30.5 Å². The van der Waals surface area contributed by atoms with Crippen LogP contribution in [-0.2, 0) is 13.1 Å². The molecule has 3 rings (SSSR count). The lowest BCUT2D eigenvalue weighted by atomic mass is 10.0. The topological polar surface area (TPSA) is 47.1 Å². The number of hydrogen-bond acceptors (Lipinski definition) is 3. The average molecular weight is 277 g/mol. The molecule has 0 radical (unpaired) electrons. The molecule has 0 spiro atoms. The van der Waals surface area contributed by atoms with Crippen LogP contribution < -0.4 is 5.73 Å². The molecule has 0 fully saturated rings. The molecule has 2 heterocycles. The Balaban J connectivity index is 1.82. The monoisotopic (exact) mass is 276 g/mol.